The molecule has 0 atom stereocenters. The van der Waals surface area contributed by atoms with Crippen molar-refractivity contribution >= 4 is 23.2 Å². The number of carbonyl (C=O) groups is 1. The fourth-order valence-electron chi connectivity index (χ4n) is 1.19. The fourth-order valence-corrected chi connectivity index (χ4v) is 8.27. The van der Waals surface area contributed by atoms with Gasteiger partial charge in [-0.2, -0.15) is 0 Å². The number of ether oxygens (including phenoxy) is 1. The molecule has 0 amide bonds. The summed E-state index contributed by atoms with van der Waals surface area (Å²) in [6.07, 6.45) is 0.532. The van der Waals surface area contributed by atoms with E-state index < -0.39 is 17.2 Å². The van der Waals surface area contributed by atoms with Gasteiger partial charge in [0.05, 0.1) is 15.2 Å². The maximum Gasteiger partial charge on any atom is 0.332 e. The molecule has 14 heavy (non-hydrogen) atoms. The van der Waals surface area contributed by atoms with Gasteiger partial charge in [-0.25, -0.2) is 4.79 Å². The normalized spacial score (nSPS) is 11.6. The first-order chi connectivity index (χ1) is 6.24. The Morgan fingerprint density at radius 3 is 2.36 bits per heavy atom. The Balaban J connectivity index is 3.98. The Bertz CT molecular complexity index is 227. The Hall–Kier alpha value is -0.396. The highest BCUT2D eigenvalue weighted by Gasteiger charge is 2.24. The Labute approximate surface area is 89.3 Å². The molecule has 0 aliphatic rings. The van der Waals surface area contributed by atoms with E-state index >= 15 is 0 Å². The van der Waals surface area contributed by atoms with Crippen LogP contribution in [-0.4, -0.2) is 29.4 Å². The van der Waals surface area contributed by atoms with E-state index in [0.717, 1.165) is 0 Å². The highest BCUT2D eigenvalue weighted by Crippen LogP contribution is 2.01. The average molecular weight is 231 g/mol. The summed E-state index contributed by atoms with van der Waals surface area (Å²) in [6.45, 7) is 14.0. The monoisotopic (exact) mass is 231 g/mol. The molecule has 0 fully saturated rings. The number of carbonyl (C=O) groups excluding carboxylic acids is 1. The van der Waals surface area contributed by atoms with Gasteiger partial charge in [0.15, 0.2) is 8.24 Å². The molecule has 0 unspecified atom stereocenters. The zero-order chi connectivity index (χ0) is 11.4. The summed E-state index contributed by atoms with van der Waals surface area (Å²) in [5.74, 6) is -0.280. The van der Waals surface area contributed by atoms with Crippen LogP contribution in [0.3, 0.4) is 0 Å². The largest absolute Gasteiger partial charge is 0.464 e. The highest BCUT2D eigenvalue weighted by molar-refractivity contribution is 6.83. The summed E-state index contributed by atoms with van der Waals surface area (Å²) in [4.78, 5) is 11.2. The minimum atomic E-state index is -1.55. The molecule has 82 valence electrons. The van der Waals surface area contributed by atoms with Crippen molar-refractivity contribution in [2.45, 2.75) is 33.1 Å². The molecule has 0 radical (unpaired) electrons. The molecule has 0 bridgehead atoms. The molecule has 0 aromatic heterocycles. The number of nitrogens with one attached hydrogen (secondary N) is 1. The van der Waals surface area contributed by atoms with Crippen LogP contribution in [0.2, 0.25) is 26.2 Å². The fraction of sp³-hybridized carbons (Fsp3) is 0.667. The van der Waals surface area contributed by atoms with Gasteiger partial charge in [0, 0.05) is 5.57 Å². The zero-order valence-corrected chi connectivity index (χ0v) is 12.0. The quantitative estimate of drug-likeness (QED) is 0.442. The van der Waals surface area contributed by atoms with Gasteiger partial charge in [-0.1, -0.05) is 32.8 Å². The standard InChI is InChI=1S/C9H21NO2Si2/c1-8(2)9(11)12-7-14(5,6)10-13(3)4/h10,13H,1,7H2,2-6H3. The second-order valence-electron chi connectivity index (χ2n) is 4.54. The third-order valence-electron chi connectivity index (χ3n) is 1.59. The van der Waals surface area contributed by atoms with E-state index in [0.29, 0.717) is 11.8 Å². The van der Waals surface area contributed by atoms with E-state index in [9.17, 15) is 4.79 Å². The molecule has 0 aliphatic carbocycles. The van der Waals surface area contributed by atoms with Crippen molar-refractivity contribution in [1.29, 1.82) is 0 Å². The lowest BCUT2D eigenvalue weighted by Crippen LogP contribution is -2.54. The topological polar surface area (TPSA) is 38.3 Å². The van der Waals surface area contributed by atoms with Crippen LogP contribution >= 0.6 is 0 Å². The first-order valence-electron chi connectivity index (χ1n) is 4.85. The summed E-state index contributed by atoms with van der Waals surface area (Å²) >= 11 is 0. The minimum absolute atomic E-state index is 0.280. The maximum absolute atomic E-state index is 11.2. The van der Waals surface area contributed by atoms with Gasteiger partial charge in [0.1, 0.15) is 0 Å². The van der Waals surface area contributed by atoms with Gasteiger partial charge in [-0.3, -0.25) is 0 Å². The van der Waals surface area contributed by atoms with Crippen LogP contribution in [0.5, 0.6) is 0 Å². The molecule has 0 saturated carbocycles. The van der Waals surface area contributed by atoms with Gasteiger partial charge in [0.2, 0.25) is 0 Å². The summed E-state index contributed by atoms with van der Waals surface area (Å²) in [6, 6.07) is 0. The maximum atomic E-state index is 11.2. The lowest BCUT2D eigenvalue weighted by Gasteiger charge is -2.25. The smallest absolute Gasteiger partial charge is 0.332 e. The Morgan fingerprint density at radius 2 is 2.00 bits per heavy atom. The van der Waals surface area contributed by atoms with E-state index in [1.165, 1.54) is 0 Å². The predicted octanol–water partition coefficient (Wildman–Crippen LogP) is 1.42. The summed E-state index contributed by atoms with van der Waals surface area (Å²) in [5, 5.41) is 0. The Kier molecular flexibility index (Phi) is 5.32. The van der Waals surface area contributed by atoms with E-state index in [1.54, 1.807) is 6.92 Å². The van der Waals surface area contributed by atoms with Crippen LogP contribution < -0.4 is 4.65 Å². The van der Waals surface area contributed by atoms with Crippen LogP contribution in [0.15, 0.2) is 12.2 Å². The predicted molar refractivity (Wildman–Crippen MR) is 65.3 cm³/mol. The van der Waals surface area contributed by atoms with Crippen molar-refractivity contribution in [3.8, 4) is 0 Å². The van der Waals surface area contributed by atoms with E-state index in [2.05, 4.69) is 37.4 Å². The van der Waals surface area contributed by atoms with Crippen molar-refractivity contribution < 1.29 is 9.53 Å². The lowest BCUT2D eigenvalue weighted by atomic mass is 10.4. The number of hydrogen-bond acceptors (Lipinski definition) is 3. The Morgan fingerprint density at radius 1 is 1.50 bits per heavy atom. The van der Waals surface area contributed by atoms with Gasteiger partial charge >= 0.3 is 5.97 Å². The minimum Gasteiger partial charge on any atom is -0.464 e. The molecule has 3 nitrogen and oxygen atoms in total. The molecule has 5 heteroatoms. The molecule has 0 aromatic rings. The van der Waals surface area contributed by atoms with Crippen LogP contribution in [0.25, 0.3) is 0 Å². The first kappa shape index (κ1) is 13.6. The molecule has 0 saturated heterocycles. The van der Waals surface area contributed by atoms with Gasteiger partial charge in [0.25, 0.3) is 0 Å². The molecular weight excluding hydrogens is 210 g/mol. The summed E-state index contributed by atoms with van der Waals surface area (Å²) in [7, 11) is -2.33. The van der Waals surface area contributed by atoms with Crippen LogP contribution in [0.1, 0.15) is 6.92 Å². The van der Waals surface area contributed by atoms with E-state index in [4.69, 9.17) is 4.74 Å². The second kappa shape index (κ2) is 5.48. The highest BCUT2D eigenvalue weighted by atomic mass is 28.4. The number of hydrogen-bond donors (Lipinski definition) is 1. The molecule has 0 heterocycles. The van der Waals surface area contributed by atoms with E-state index in [-0.39, 0.29) is 5.97 Å². The molecule has 0 spiro atoms. The average Bonchev–Trinajstić information content (AvgIpc) is 1.97. The second-order valence-corrected chi connectivity index (χ2v) is 12.1. The van der Waals surface area contributed by atoms with Gasteiger partial charge in [-0.05, 0) is 6.92 Å². The number of esters is 1. The molecule has 0 aliphatic heterocycles. The van der Waals surface area contributed by atoms with Crippen LogP contribution in [0, 0.1) is 0 Å². The SMILES string of the molecule is C=C(C)C(=O)OC[Si](C)(C)N[SiH](C)C. The zero-order valence-electron chi connectivity index (χ0n) is 9.81. The van der Waals surface area contributed by atoms with E-state index in [1.807, 2.05) is 0 Å². The van der Waals surface area contributed by atoms with Crippen molar-refractivity contribution in [3.05, 3.63) is 12.2 Å². The lowest BCUT2D eigenvalue weighted by molar-refractivity contribution is -0.137. The molecule has 0 rings (SSSR count). The van der Waals surface area contributed by atoms with Gasteiger partial charge in [-0.15, -0.1) is 0 Å². The molecule has 1 N–H and O–H groups in total. The summed E-state index contributed by atoms with van der Waals surface area (Å²) < 4.78 is 8.74. The number of rotatable bonds is 5. The molecule has 0 aromatic carbocycles. The van der Waals surface area contributed by atoms with Crippen molar-refractivity contribution in [2.24, 2.45) is 0 Å². The van der Waals surface area contributed by atoms with Crippen LogP contribution in [0.4, 0.5) is 0 Å². The van der Waals surface area contributed by atoms with Crippen molar-refractivity contribution in [1.82, 2.24) is 4.65 Å². The van der Waals surface area contributed by atoms with Crippen molar-refractivity contribution in [2.75, 3.05) is 6.23 Å². The third-order valence-corrected chi connectivity index (χ3v) is 7.89. The van der Waals surface area contributed by atoms with Gasteiger partial charge < -0.3 is 9.38 Å². The van der Waals surface area contributed by atoms with Crippen LogP contribution in [-0.2, 0) is 9.53 Å². The van der Waals surface area contributed by atoms with Crippen molar-refractivity contribution in [3.63, 3.8) is 0 Å². The first-order valence-corrected chi connectivity index (χ1v) is 10.9. The third kappa shape index (κ3) is 6.12. The molecular formula is C9H21NO2Si2. The summed E-state index contributed by atoms with van der Waals surface area (Å²) in [5.41, 5.74) is 0.469.